The Morgan fingerprint density at radius 1 is 1.43 bits per heavy atom. The average molecular weight is 296 g/mol. The van der Waals surface area contributed by atoms with E-state index in [2.05, 4.69) is 31.0 Å². The maximum absolute atomic E-state index is 12.7. The first-order valence-electron chi connectivity index (χ1n) is 8.57. The van der Waals surface area contributed by atoms with Crippen LogP contribution >= 0.6 is 0 Å². The van der Waals surface area contributed by atoms with Crippen molar-refractivity contribution < 1.29 is 9.53 Å². The summed E-state index contributed by atoms with van der Waals surface area (Å²) in [4.78, 5) is 14.8. The van der Waals surface area contributed by atoms with Crippen molar-refractivity contribution in [1.82, 2.24) is 10.2 Å². The van der Waals surface area contributed by atoms with Crippen LogP contribution in [0.5, 0.6) is 0 Å². The molecule has 2 fully saturated rings. The third-order valence-corrected chi connectivity index (χ3v) is 4.92. The molecular weight excluding hydrogens is 264 g/mol. The second-order valence-electron chi connectivity index (χ2n) is 7.36. The van der Waals surface area contributed by atoms with E-state index in [1.807, 2.05) is 0 Å². The van der Waals surface area contributed by atoms with Gasteiger partial charge in [0, 0.05) is 20.3 Å². The Hall–Kier alpha value is -0.610. The maximum Gasteiger partial charge on any atom is 0.241 e. The van der Waals surface area contributed by atoms with E-state index >= 15 is 0 Å². The molecule has 2 atom stereocenters. The lowest BCUT2D eigenvalue weighted by molar-refractivity contribution is -0.131. The summed E-state index contributed by atoms with van der Waals surface area (Å²) >= 11 is 0. The van der Waals surface area contributed by atoms with Crippen molar-refractivity contribution in [1.29, 1.82) is 0 Å². The zero-order chi connectivity index (χ0) is 15.5. The molecule has 1 aliphatic carbocycles. The number of hydrogen-bond acceptors (Lipinski definition) is 3. The lowest BCUT2D eigenvalue weighted by Crippen LogP contribution is -2.42. The number of amides is 1. The second-order valence-corrected chi connectivity index (χ2v) is 7.36. The van der Waals surface area contributed by atoms with Gasteiger partial charge < -0.3 is 9.64 Å². The highest BCUT2D eigenvalue weighted by atomic mass is 16.5. The molecule has 1 heterocycles. The van der Waals surface area contributed by atoms with Gasteiger partial charge in [-0.1, -0.05) is 27.2 Å². The lowest BCUT2D eigenvalue weighted by atomic mass is 10.0. The summed E-state index contributed by atoms with van der Waals surface area (Å²) in [7, 11) is 1.76. The smallest absolute Gasteiger partial charge is 0.241 e. The summed E-state index contributed by atoms with van der Waals surface area (Å²) < 4.78 is 5.24. The van der Waals surface area contributed by atoms with E-state index in [-0.39, 0.29) is 12.2 Å². The number of carbonyl (C=O) groups is 1. The Morgan fingerprint density at radius 2 is 2.14 bits per heavy atom. The molecule has 0 radical (unpaired) electrons. The third kappa shape index (κ3) is 4.19. The van der Waals surface area contributed by atoms with E-state index < -0.39 is 0 Å². The number of rotatable bonds is 9. The van der Waals surface area contributed by atoms with Crippen molar-refractivity contribution in [2.45, 2.75) is 71.5 Å². The molecule has 1 amide bonds. The normalized spacial score (nSPS) is 27.7. The molecule has 1 N–H and O–H groups in total. The number of hydrogen-bond donors (Lipinski definition) is 1. The first kappa shape index (κ1) is 16.8. The minimum absolute atomic E-state index is 0.0389. The van der Waals surface area contributed by atoms with Gasteiger partial charge in [-0.15, -0.1) is 0 Å². The SMILES string of the molecule is CCCC1NC(CC(C)C)N(CC2(CCOC)CC2)C1=O. The van der Waals surface area contributed by atoms with Gasteiger partial charge in [0.25, 0.3) is 0 Å². The highest BCUT2D eigenvalue weighted by Crippen LogP contribution is 2.50. The van der Waals surface area contributed by atoms with Crippen LogP contribution in [0, 0.1) is 11.3 Å². The molecule has 1 saturated carbocycles. The molecule has 0 spiro atoms. The van der Waals surface area contributed by atoms with Crippen molar-refractivity contribution in [2.24, 2.45) is 11.3 Å². The zero-order valence-electron chi connectivity index (χ0n) is 14.2. The van der Waals surface area contributed by atoms with Gasteiger partial charge in [0.05, 0.1) is 12.2 Å². The summed E-state index contributed by atoms with van der Waals surface area (Å²) in [5, 5.41) is 3.57. The van der Waals surface area contributed by atoms with Crippen molar-refractivity contribution in [3.8, 4) is 0 Å². The molecule has 0 bridgehead atoms. The van der Waals surface area contributed by atoms with E-state index in [0.717, 1.165) is 38.8 Å². The molecule has 4 nitrogen and oxygen atoms in total. The fourth-order valence-electron chi connectivity index (χ4n) is 3.42. The van der Waals surface area contributed by atoms with Gasteiger partial charge in [-0.3, -0.25) is 10.1 Å². The van der Waals surface area contributed by atoms with Crippen LogP contribution in [0.1, 0.15) is 59.3 Å². The van der Waals surface area contributed by atoms with Gasteiger partial charge in [0.15, 0.2) is 0 Å². The van der Waals surface area contributed by atoms with Gasteiger partial charge in [-0.2, -0.15) is 0 Å². The van der Waals surface area contributed by atoms with Crippen LogP contribution in [0.25, 0.3) is 0 Å². The number of nitrogens with zero attached hydrogens (tertiary/aromatic N) is 1. The summed E-state index contributed by atoms with van der Waals surface area (Å²) in [5.74, 6) is 0.929. The quantitative estimate of drug-likeness (QED) is 0.711. The Kier molecular flexibility index (Phi) is 5.67. The van der Waals surface area contributed by atoms with Crippen LogP contribution in [-0.4, -0.2) is 43.3 Å². The summed E-state index contributed by atoms with van der Waals surface area (Å²) in [6.45, 7) is 8.34. The lowest BCUT2D eigenvalue weighted by Gasteiger charge is -2.29. The zero-order valence-corrected chi connectivity index (χ0v) is 14.2. The summed E-state index contributed by atoms with van der Waals surface area (Å²) in [6, 6.07) is 0.0389. The molecule has 2 unspecified atom stereocenters. The molecule has 0 aromatic rings. The standard InChI is InChI=1S/C17H32N2O2/c1-5-6-14-16(20)19(15(18-14)11-13(2)3)12-17(7-8-17)9-10-21-4/h13-15,18H,5-12H2,1-4H3. The van der Waals surface area contributed by atoms with Crippen LogP contribution in [0.2, 0.25) is 0 Å². The van der Waals surface area contributed by atoms with Gasteiger partial charge >= 0.3 is 0 Å². The predicted molar refractivity (Wildman–Crippen MR) is 84.9 cm³/mol. The largest absolute Gasteiger partial charge is 0.385 e. The van der Waals surface area contributed by atoms with Gasteiger partial charge in [0.1, 0.15) is 0 Å². The fourth-order valence-corrected chi connectivity index (χ4v) is 3.42. The molecule has 122 valence electrons. The Morgan fingerprint density at radius 3 is 2.67 bits per heavy atom. The topological polar surface area (TPSA) is 41.6 Å². The van der Waals surface area contributed by atoms with Crippen LogP contribution in [0.4, 0.5) is 0 Å². The van der Waals surface area contributed by atoms with Crippen LogP contribution in [0.15, 0.2) is 0 Å². The molecule has 4 heteroatoms. The van der Waals surface area contributed by atoms with E-state index in [1.165, 1.54) is 12.8 Å². The molecular formula is C17H32N2O2. The van der Waals surface area contributed by atoms with Gasteiger partial charge in [-0.25, -0.2) is 0 Å². The minimum Gasteiger partial charge on any atom is -0.385 e. The number of nitrogens with one attached hydrogen (secondary N) is 1. The Bertz CT molecular complexity index is 353. The van der Waals surface area contributed by atoms with Crippen LogP contribution in [-0.2, 0) is 9.53 Å². The minimum atomic E-state index is 0.0389. The monoisotopic (exact) mass is 296 g/mol. The van der Waals surface area contributed by atoms with Gasteiger partial charge in [-0.05, 0) is 43.4 Å². The predicted octanol–water partition coefficient (Wildman–Crippen LogP) is 2.78. The molecule has 1 aliphatic heterocycles. The van der Waals surface area contributed by atoms with Crippen LogP contribution in [0.3, 0.4) is 0 Å². The first-order valence-corrected chi connectivity index (χ1v) is 8.57. The highest BCUT2D eigenvalue weighted by molar-refractivity contribution is 5.84. The molecule has 2 rings (SSSR count). The molecule has 21 heavy (non-hydrogen) atoms. The fraction of sp³-hybridized carbons (Fsp3) is 0.941. The number of ether oxygens (including phenoxy) is 1. The Balaban J connectivity index is 2.00. The van der Waals surface area contributed by atoms with E-state index in [4.69, 9.17) is 4.74 Å². The number of carbonyl (C=O) groups excluding carboxylic acids is 1. The van der Waals surface area contributed by atoms with E-state index in [1.54, 1.807) is 7.11 Å². The molecule has 0 aromatic carbocycles. The van der Waals surface area contributed by atoms with E-state index in [9.17, 15) is 4.79 Å². The summed E-state index contributed by atoms with van der Waals surface area (Å²) in [5.41, 5.74) is 0.337. The molecule has 2 aliphatic rings. The highest BCUT2D eigenvalue weighted by Gasteiger charge is 2.48. The molecule has 0 aromatic heterocycles. The molecule has 1 saturated heterocycles. The Labute approximate surface area is 129 Å². The van der Waals surface area contributed by atoms with Crippen molar-refractivity contribution in [2.75, 3.05) is 20.3 Å². The number of methoxy groups -OCH3 is 1. The van der Waals surface area contributed by atoms with Gasteiger partial charge in [0.2, 0.25) is 5.91 Å². The van der Waals surface area contributed by atoms with E-state index in [0.29, 0.717) is 17.2 Å². The maximum atomic E-state index is 12.7. The average Bonchev–Trinajstić information content (AvgIpc) is 3.14. The summed E-state index contributed by atoms with van der Waals surface area (Å²) in [6.07, 6.45) is 6.86. The van der Waals surface area contributed by atoms with Crippen molar-refractivity contribution >= 4 is 5.91 Å². The third-order valence-electron chi connectivity index (χ3n) is 4.92. The van der Waals surface area contributed by atoms with Crippen molar-refractivity contribution in [3.05, 3.63) is 0 Å². The second kappa shape index (κ2) is 7.10. The first-order chi connectivity index (χ1) is 10.0. The van der Waals surface area contributed by atoms with Crippen molar-refractivity contribution in [3.63, 3.8) is 0 Å². The van der Waals surface area contributed by atoms with Crippen LogP contribution < -0.4 is 5.32 Å².